The number of nitrogens with zero attached hydrogens (tertiary/aromatic N) is 1. The van der Waals surface area contributed by atoms with Crippen LogP contribution in [-0.2, 0) is 19.2 Å². The molecule has 0 aliphatic heterocycles. The molecule has 0 unspecified atom stereocenters. The molecule has 0 fully saturated rings. The third-order valence-corrected chi connectivity index (χ3v) is 2.83. The van der Waals surface area contributed by atoms with E-state index >= 15 is 0 Å². The first-order valence-electron chi connectivity index (χ1n) is 5.25. The average molecular weight is 294 g/mol. The number of amides is 1. The number of nitrogens with one attached hydrogen (secondary N) is 1. The Morgan fingerprint density at radius 2 is 2.11 bits per heavy atom. The Morgan fingerprint density at radius 3 is 2.58 bits per heavy atom. The van der Waals surface area contributed by atoms with Gasteiger partial charge >= 0.3 is 5.97 Å². The summed E-state index contributed by atoms with van der Waals surface area (Å²) in [6, 6.07) is -1.14. The van der Waals surface area contributed by atoms with Gasteiger partial charge in [0.1, 0.15) is 6.04 Å². The van der Waals surface area contributed by atoms with Crippen molar-refractivity contribution in [2.24, 2.45) is 0 Å². The largest absolute Gasteiger partial charge is 0.480 e. The highest BCUT2D eigenvalue weighted by Crippen LogP contribution is 2.09. The first kappa shape index (κ1) is 17.2. The average Bonchev–Trinajstić information content (AvgIpc) is 2.29. The minimum Gasteiger partial charge on any atom is -0.480 e. The zero-order chi connectivity index (χ0) is 14.8. The summed E-state index contributed by atoms with van der Waals surface area (Å²) < 4.78 is 0. The SMILES string of the molecule is CC(=O)N[C@@H](CSC(=O)CCCO[N+](=O)[O-])C(=O)O. The van der Waals surface area contributed by atoms with Crippen LogP contribution in [0.2, 0.25) is 0 Å². The van der Waals surface area contributed by atoms with Crippen molar-refractivity contribution in [3.8, 4) is 0 Å². The van der Waals surface area contributed by atoms with Gasteiger partial charge in [-0.15, -0.1) is 10.1 Å². The molecule has 0 aromatic heterocycles. The molecular formula is C9H14N2O7S. The van der Waals surface area contributed by atoms with E-state index in [2.05, 4.69) is 10.2 Å². The Hall–Kier alpha value is -1.84. The van der Waals surface area contributed by atoms with Crippen molar-refractivity contribution in [1.82, 2.24) is 5.32 Å². The Labute approximate surface area is 112 Å². The summed E-state index contributed by atoms with van der Waals surface area (Å²) in [5.41, 5.74) is 0. The maximum Gasteiger partial charge on any atom is 0.327 e. The molecule has 108 valence electrons. The maximum atomic E-state index is 11.3. The minimum atomic E-state index is -1.23. The van der Waals surface area contributed by atoms with E-state index in [0.717, 1.165) is 11.8 Å². The molecule has 1 amide bonds. The third kappa shape index (κ3) is 9.83. The molecule has 0 aromatic rings. The molecule has 0 aromatic carbocycles. The molecule has 0 aliphatic carbocycles. The van der Waals surface area contributed by atoms with E-state index in [1.165, 1.54) is 6.92 Å². The van der Waals surface area contributed by atoms with Crippen molar-refractivity contribution in [1.29, 1.82) is 0 Å². The van der Waals surface area contributed by atoms with Crippen LogP contribution in [0.3, 0.4) is 0 Å². The van der Waals surface area contributed by atoms with Crippen molar-refractivity contribution < 1.29 is 29.4 Å². The van der Waals surface area contributed by atoms with Gasteiger partial charge < -0.3 is 15.3 Å². The topological polar surface area (TPSA) is 136 Å². The maximum absolute atomic E-state index is 11.3. The van der Waals surface area contributed by atoms with Crippen LogP contribution in [0.5, 0.6) is 0 Å². The van der Waals surface area contributed by atoms with Gasteiger partial charge in [0.15, 0.2) is 5.12 Å². The quantitative estimate of drug-likeness (QED) is 0.339. The van der Waals surface area contributed by atoms with Crippen molar-refractivity contribution in [2.75, 3.05) is 12.4 Å². The second-order valence-corrected chi connectivity index (χ2v) is 4.51. The van der Waals surface area contributed by atoms with E-state index in [1.54, 1.807) is 0 Å². The van der Waals surface area contributed by atoms with Gasteiger partial charge in [0, 0.05) is 19.1 Å². The first-order valence-corrected chi connectivity index (χ1v) is 6.24. The van der Waals surface area contributed by atoms with Crippen molar-refractivity contribution >= 4 is 28.8 Å². The fourth-order valence-corrected chi connectivity index (χ4v) is 1.89. The molecule has 19 heavy (non-hydrogen) atoms. The van der Waals surface area contributed by atoms with Gasteiger partial charge in [-0.1, -0.05) is 11.8 Å². The molecular weight excluding hydrogens is 280 g/mol. The van der Waals surface area contributed by atoms with E-state index in [1.807, 2.05) is 0 Å². The Morgan fingerprint density at radius 1 is 1.47 bits per heavy atom. The van der Waals surface area contributed by atoms with E-state index in [9.17, 15) is 24.5 Å². The van der Waals surface area contributed by atoms with Crippen LogP contribution >= 0.6 is 11.8 Å². The molecule has 1 atom stereocenters. The molecule has 0 saturated heterocycles. The molecule has 0 heterocycles. The number of carboxylic acid groups (broad SMARTS) is 1. The van der Waals surface area contributed by atoms with E-state index in [-0.39, 0.29) is 30.3 Å². The predicted molar refractivity (Wildman–Crippen MR) is 64.9 cm³/mol. The molecule has 0 radical (unpaired) electrons. The molecule has 0 rings (SSSR count). The lowest BCUT2D eigenvalue weighted by molar-refractivity contribution is -0.757. The summed E-state index contributed by atoms with van der Waals surface area (Å²) in [5.74, 6) is -1.82. The Bertz CT molecular complexity index is 360. The van der Waals surface area contributed by atoms with Gasteiger partial charge in [-0.2, -0.15) is 0 Å². The highest BCUT2D eigenvalue weighted by Gasteiger charge is 2.19. The van der Waals surface area contributed by atoms with Gasteiger partial charge in [-0.25, -0.2) is 4.79 Å². The van der Waals surface area contributed by atoms with Crippen LogP contribution in [0.1, 0.15) is 19.8 Å². The lowest BCUT2D eigenvalue weighted by Gasteiger charge is -2.11. The normalized spacial score (nSPS) is 11.4. The zero-order valence-corrected chi connectivity index (χ0v) is 11.0. The van der Waals surface area contributed by atoms with Crippen LogP contribution in [0, 0.1) is 10.1 Å². The monoisotopic (exact) mass is 294 g/mol. The van der Waals surface area contributed by atoms with Crippen molar-refractivity contribution in [3.63, 3.8) is 0 Å². The number of hydrogen-bond acceptors (Lipinski definition) is 7. The second-order valence-electron chi connectivity index (χ2n) is 3.43. The predicted octanol–water partition coefficient (Wildman–Crippen LogP) is -0.176. The van der Waals surface area contributed by atoms with Gasteiger partial charge in [0.25, 0.3) is 5.09 Å². The minimum absolute atomic E-state index is 0.0327. The summed E-state index contributed by atoms with van der Waals surface area (Å²) in [6.45, 7) is 0.991. The van der Waals surface area contributed by atoms with Crippen LogP contribution in [0.25, 0.3) is 0 Å². The van der Waals surface area contributed by atoms with E-state index in [4.69, 9.17) is 5.11 Å². The van der Waals surface area contributed by atoms with Gasteiger partial charge in [-0.05, 0) is 6.42 Å². The molecule has 0 bridgehead atoms. The number of rotatable bonds is 9. The fourth-order valence-electron chi connectivity index (χ4n) is 1.02. The molecule has 10 heteroatoms. The molecule has 0 spiro atoms. The van der Waals surface area contributed by atoms with Crippen LogP contribution < -0.4 is 5.32 Å². The van der Waals surface area contributed by atoms with E-state index < -0.39 is 23.0 Å². The first-order chi connectivity index (χ1) is 8.82. The summed E-state index contributed by atoms with van der Waals surface area (Å²) in [4.78, 5) is 46.7. The number of carboxylic acids is 1. The zero-order valence-electron chi connectivity index (χ0n) is 10.2. The van der Waals surface area contributed by atoms with Gasteiger partial charge in [-0.3, -0.25) is 9.59 Å². The second kappa shape index (κ2) is 9.14. The van der Waals surface area contributed by atoms with Crippen molar-refractivity contribution in [2.45, 2.75) is 25.8 Å². The smallest absolute Gasteiger partial charge is 0.327 e. The number of aliphatic carboxylic acids is 1. The Kier molecular flexibility index (Phi) is 8.25. The number of carbonyl (C=O) groups excluding carboxylic acids is 2. The number of hydrogen-bond donors (Lipinski definition) is 2. The van der Waals surface area contributed by atoms with Crippen LogP contribution in [-0.4, -0.2) is 45.6 Å². The lowest BCUT2D eigenvalue weighted by atomic mass is 10.3. The Balaban J connectivity index is 3.88. The van der Waals surface area contributed by atoms with Gasteiger partial charge in [0.05, 0.1) is 6.61 Å². The van der Waals surface area contributed by atoms with Gasteiger partial charge in [0.2, 0.25) is 5.91 Å². The summed E-state index contributed by atoms with van der Waals surface area (Å²) >= 11 is 0.754. The molecule has 9 nitrogen and oxygen atoms in total. The van der Waals surface area contributed by atoms with Crippen LogP contribution in [0.4, 0.5) is 0 Å². The fraction of sp³-hybridized carbons (Fsp3) is 0.667. The number of carbonyl (C=O) groups is 3. The number of thioether (sulfide) groups is 1. The molecule has 0 aliphatic rings. The summed E-state index contributed by atoms with van der Waals surface area (Å²) in [7, 11) is 0. The molecule has 0 saturated carbocycles. The third-order valence-electron chi connectivity index (χ3n) is 1.81. The highest BCUT2D eigenvalue weighted by atomic mass is 32.2. The van der Waals surface area contributed by atoms with Crippen LogP contribution in [0.15, 0.2) is 0 Å². The van der Waals surface area contributed by atoms with Crippen molar-refractivity contribution in [3.05, 3.63) is 10.1 Å². The standard InChI is InChI=1S/C9H14N2O7S/c1-6(12)10-7(9(14)15)5-19-8(13)3-2-4-18-11(16)17/h7H,2-5H2,1H3,(H,10,12)(H,14,15)/t7-/m0/s1. The lowest BCUT2D eigenvalue weighted by Crippen LogP contribution is -2.41. The highest BCUT2D eigenvalue weighted by molar-refractivity contribution is 8.13. The summed E-state index contributed by atoms with van der Waals surface area (Å²) in [5, 5.41) is 19.5. The van der Waals surface area contributed by atoms with E-state index in [0.29, 0.717) is 0 Å². The molecule has 2 N–H and O–H groups in total. The summed E-state index contributed by atoms with van der Waals surface area (Å²) in [6.07, 6.45) is 0.204.